The summed E-state index contributed by atoms with van der Waals surface area (Å²) >= 11 is 0. The molecule has 1 fully saturated rings. The second kappa shape index (κ2) is 7.81. The second-order valence-electron chi connectivity index (χ2n) is 7.18. The molecular formula is C22H27N3O. The molecule has 0 aromatic heterocycles. The third kappa shape index (κ3) is 4.01. The number of hydrogen-bond donors (Lipinski definition) is 2. The number of fused-ring (bicyclic) bond motifs is 1. The van der Waals surface area contributed by atoms with E-state index in [9.17, 15) is 0 Å². The van der Waals surface area contributed by atoms with Crippen molar-refractivity contribution in [2.75, 3.05) is 26.7 Å². The Balaban J connectivity index is 1.20. The molecule has 2 atom stereocenters. The minimum absolute atomic E-state index is 0.704. The Morgan fingerprint density at radius 1 is 1.15 bits per heavy atom. The minimum Gasteiger partial charge on any atom is -0.493 e. The normalized spacial score (nSPS) is 21.0. The molecule has 0 spiro atoms. The zero-order valence-electron chi connectivity index (χ0n) is 15.4. The van der Waals surface area contributed by atoms with Gasteiger partial charge >= 0.3 is 0 Å². The minimum atomic E-state index is 0.704. The van der Waals surface area contributed by atoms with Gasteiger partial charge in [0.15, 0.2) is 5.96 Å². The van der Waals surface area contributed by atoms with Gasteiger partial charge in [-0.15, -0.1) is 0 Å². The van der Waals surface area contributed by atoms with Crippen molar-refractivity contribution < 1.29 is 4.74 Å². The number of hydrogen-bond acceptors (Lipinski definition) is 2. The lowest BCUT2D eigenvalue weighted by Crippen LogP contribution is -2.39. The van der Waals surface area contributed by atoms with E-state index in [1.165, 1.54) is 23.1 Å². The molecule has 1 heterocycles. The number of guanidine groups is 1. The summed E-state index contributed by atoms with van der Waals surface area (Å²) in [5.41, 5.74) is 4.15. The van der Waals surface area contributed by atoms with Crippen LogP contribution in [0.2, 0.25) is 0 Å². The van der Waals surface area contributed by atoms with Crippen molar-refractivity contribution in [3.63, 3.8) is 0 Å². The number of benzene rings is 2. The summed E-state index contributed by atoms with van der Waals surface area (Å²) in [7, 11) is 1.84. The first-order chi connectivity index (χ1) is 12.8. The van der Waals surface area contributed by atoms with E-state index in [1.54, 1.807) is 0 Å². The highest BCUT2D eigenvalue weighted by molar-refractivity contribution is 5.79. The molecule has 1 saturated carbocycles. The van der Waals surface area contributed by atoms with Gasteiger partial charge in [0.1, 0.15) is 5.75 Å². The van der Waals surface area contributed by atoms with E-state index in [1.807, 2.05) is 7.05 Å². The summed E-state index contributed by atoms with van der Waals surface area (Å²) in [6, 6.07) is 17.3. The molecule has 2 aromatic carbocycles. The summed E-state index contributed by atoms with van der Waals surface area (Å²) in [4.78, 5) is 4.35. The predicted molar refractivity (Wildman–Crippen MR) is 106 cm³/mol. The van der Waals surface area contributed by atoms with Crippen LogP contribution in [0.5, 0.6) is 5.75 Å². The van der Waals surface area contributed by atoms with Crippen LogP contribution in [-0.4, -0.2) is 32.7 Å². The van der Waals surface area contributed by atoms with Gasteiger partial charge in [0, 0.05) is 26.6 Å². The molecule has 0 radical (unpaired) electrons. The molecule has 1 aliphatic heterocycles. The Morgan fingerprint density at radius 2 is 2.04 bits per heavy atom. The summed E-state index contributed by atoms with van der Waals surface area (Å²) in [6.45, 7) is 2.68. The maximum Gasteiger partial charge on any atom is 0.190 e. The third-order valence-corrected chi connectivity index (χ3v) is 5.37. The molecule has 2 unspecified atom stereocenters. The standard InChI is InChI=1S/C22H27N3O/c1-23-22(25-15-19-14-20(19)17-5-3-2-4-6-17)24-11-9-16-7-8-21-18(13-16)10-12-26-21/h2-8,13,19-20H,9-12,14-15H2,1H3,(H2,23,24,25). The SMILES string of the molecule is CN=C(NCCc1ccc2c(c1)CCO2)NCC1CC1c1ccccc1. The highest BCUT2D eigenvalue weighted by Gasteiger charge is 2.37. The van der Waals surface area contributed by atoms with Crippen LogP contribution in [-0.2, 0) is 12.8 Å². The molecule has 26 heavy (non-hydrogen) atoms. The topological polar surface area (TPSA) is 45.7 Å². The van der Waals surface area contributed by atoms with Crippen LogP contribution < -0.4 is 15.4 Å². The fourth-order valence-electron chi connectivity index (χ4n) is 3.75. The van der Waals surface area contributed by atoms with E-state index < -0.39 is 0 Å². The van der Waals surface area contributed by atoms with E-state index in [-0.39, 0.29) is 0 Å². The number of rotatable bonds is 6. The fraction of sp³-hybridized carbons (Fsp3) is 0.409. The van der Waals surface area contributed by atoms with Gasteiger partial charge in [0.2, 0.25) is 0 Å². The van der Waals surface area contributed by atoms with Crippen molar-refractivity contribution in [1.82, 2.24) is 10.6 Å². The number of aliphatic imine (C=N–C) groups is 1. The number of ether oxygens (including phenoxy) is 1. The largest absolute Gasteiger partial charge is 0.493 e. The summed E-state index contributed by atoms with van der Waals surface area (Å²) in [5.74, 6) is 3.37. The maximum atomic E-state index is 5.57. The van der Waals surface area contributed by atoms with Gasteiger partial charge in [0.05, 0.1) is 6.61 Å². The van der Waals surface area contributed by atoms with Crippen LogP contribution in [0.1, 0.15) is 29.0 Å². The molecule has 2 aromatic rings. The van der Waals surface area contributed by atoms with Gasteiger partial charge < -0.3 is 15.4 Å². The Kier molecular flexibility index (Phi) is 5.09. The molecule has 136 valence electrons. The maximum absolute atomic E-state index is 5.57. The lowest BCUT2D eigenvalue weighted by atomic mass is 10.1. The van der Waals surface area contributed by atoms with Crippen molar-refractivity contribution in [2.45, 2.75) is 25.2 Å². The van der Waals surface area contributed by atoms with Gasteiger partial charge in [-0.3, -0.25) is 4.99 Å². The van der Waals surface area contributed by atoms with Crippen LogP contribution in [0.3, 0.4) is 0 Å². The first kappa shape index (κ1) is 17.0. The van der Waals surface area contributed by atoms with Gasteiger partial charge in [0.25, 0.3) is 0 Å². The molecule has 0 bridgehead atoms. The van der Waals surface area contributed by atoms with Gasteiger partial charge in [-0.1, -0.05) is 42.5 Å². The summed E-state index contributed by atoms with van der Waals surface area (Å²) in [6.07, 6.45) is 3.29. The first-order valence-corrected chi connectivity index (χ1v) is 9.57. The van der Waals surface area contributed by atoms with E-state index in [4.69, 9.17) is 4.74 Å². The predicted octanol–water partition coefficient (Wildman–Crippen LogP) is 3.13. The average molecular weight is 349 g/mol. The molecule has 0 amide bonds. The van der Waals surface area contributed by atoms with Crippen molar-refractivity contribution in [3.05, 3.63) is 65.2 Å². The molecule has 4 nitrogen and oxygen atoms in total. The Hall–Kier alpha value is -2.49. The summed E-state index contributed by atoms with van der Waals surface area (Å²) < 4.78 is 5.57. The third-order valence-electron chi connectivity index (χ3n) is 5.37. The van der Waals surface area contributed by atoms with Crippen LogP contribution >= 0.6 is 0 Å². The Morgan fingerprint density at radius 3 is 2.88 bits per heavy atom. The van der Waals surface area contributed by atoms with Crippen LogP contribution in [0.4, 0.5) is 0 Å². The molecule has 4 heteroatoms. The van der Waals surface area contributed by atoms with Crippen molar-refractivity contribution in [2.24, 2.45) is 10.9 Å². The molecular weight excluding hydrogens is 322 g/mol. The van der Waals surface area contributed by atoms with Crippen LogP contribution in [0.25, 0.3) is 0 Å². The lowest BCUT2D eigenvalue weighted by molar-refractivity contribution is 0.357. The highest BCUT2D eigenvalue weighted by atomic mass is 16.5. The Bertz CT molecular complexity index is 772. The van der Waals surface area contributed by atoms with Crippen molar-refractivity contribution in [1.29, 1.82) is 0 Å². The lowest BCUT2D eigenvalue weighted by Gasteiger charge is -2.12. The van der Waals surface area contributed by atoms with E-state index in [0.29, 0.717) is 11.8 Å². The zero-order chi connectivity index (χ0) is 17.8. The Labute approximate surface area is 155 Å². The monoisotopic (exact) mass is 349 g/mol. The highest BCUT2D eigenvalue weighted by Crippen LogP contribution is 2.46. The van der Waals surface area contributed by atoms with Crippen LogP contribution in [0, 0.1) is 5.92 Å². The molecule has 1 aliphatic carbocycles. The van der Waals surface area contributed by atoms with Crippen molar-refractivity contribution >= 4 is 5.96 Å². The quantitative estimate of drug-likeness (QED) is 0.622. The van der Waals surface area contributed by atoms with E-state index in [0.717, 1.165) is 44.2 Å². The average Bonchev–Trinajstić information content (AvgIpc) is 3.31. The fourth-order valence-corrected chi connectivity index (χ4v) is 3.75. The van der Waals surface area contributed by atoms with E-state index in [2.05, 4.69) is 64.2 Å². The van der Waals surface area contributed by atoms with Gasteiger partial charge in [-0.2, -0.15) is 0 Å². The number of nitrogens with one attached hydrogen (secondary N) is 2. The van der Waals surface area contributed by atoms with Gasteiger partial charge in [-0.25, -0.2) is 0 Å². The zero-order valence-corrected chi connectivity index (χ0v) is 15.4. The smallest absolute Gasteiger partial charge is 0.190 e. The van der Waals surface area contributed by atoms with E-state index >= 15 is 0 Å². The molecule has 0 saturated heterocycles. The molecule has 4 rings (SSSR count). The van der Waals surface area contributed by atoms with Crippen LogP contribution in [0.15, 0.2) is 53.5 Å². The van der Waals surface area contributed by atoms with Crippen molar-refractivity contribution in [3.8, 4) is 5.75 Å². The number of nitrogens with zero attached hydrogens (tertiary/aromatic N) is 1. The summed E-state index contributed by atoms with van der Waals surface area (Å²) in [5, 5.41) is 6.91. The second-order valence-corrected chi connectivity index (χ2v) is 7.18. The molecule has 2 aliphatic rings. The van der Waals surface area contributed by atoms with Gasteiger partial charge in [-0.05, 0) is 47.4 Å². The first-order valence-electron chi connectivity index (χ1n) is 9.57. The molecule has 2 N–H and O–H groups in total.